The summed E-state index contributed by atoms with van der Waals surface area (Å²) in [6, 6.07) is 5.19. The van der Waals surface area contributed by atoms with Crippen LogP contribution in [0.3, 0.4) is 0 Å². The largest absolute Gasteiger partial charge is 0.493 e. The number of carbonyl (C=O) groups excluding carboxylic acids is 1. The zero-order valence-corrected chi connectivity index (χ0v) is 13.6. The number of benzene rings is 1. The molecule has 8 heteroatoms. The summed E-state index contributed by atoms with van der Waals surface area (Å²) >= 11 is 0. The Morgan fingerprint density at radius 2 is 1.96 bits per heavy atom. The van der Waals surface area contributed by atoms with Crippen LogP contribution in [0.25, 0.3) is 11.1 Å². The van der Waals surface area contributed by atoms with Gasteiger partial charge in [-0.25, -0.2) is 4.79 Å². The van der Waals surface area contributed by atoms with Gasteiger partial charge in [-0.3, -0.25) is 5.32 Å². The molecule has 0 bridgehead atoms. The molecule has 2 amide bonds. The lowest BCUT2D eigenvalue weighted by Crippen LogP contribution is -2.43. The van der Waals surface area contributed by atoms with Gasteiger partial charge < -0.3 is 23.6 Å². The minimum absolute atomic E-state index is 0.239. The minimum atomic E-state index is -0.239. The second kappa shape index (κ2) is 7.22. The fourth-order valence-corrected chi connectivity index (χ4v) is 2.48. The number of ether oxygens (including phenoxy) is 3. The molecule has 2 heterocycles. The second-order valence-corrected chi connectivity index (χ2v) is 5.17. The molecule has 1 N–H and O–H groups in total. The number of morpholine rings is 1. The lowest BCUT2D eigenvalue weighted by Gasteiger charge is -2.26. The third-order valence-electron chi connectivity index (χ3n) is 3.78. The van der Waals surface area contributed by atoms with Crippen LogP contribution in [-0.4, -0.2) is 56.6 Å². The van der Waals surface area contributed by atoms with Gasteiger partial charge in [0.1, 0.15) is 0 Å². The van der Waals surface area contributed by atoms with Gasteiger partial charge in [-0.2, -0.15) is 0 Å². The zero-order valence-electron chi connectivity index (χ0n) is 13.6. The van der Waals surface area contributed by atoms with Crippen LogP contribution in [0.4, 0.5) is 10.7 Å². The van der Waals surface area contributed by atoms with Gasteiger partial charge in [-0.05, 0) is 17.7 Å². The van der Waals surface area contributed by atoms with Crippen LogP contribution in [0.15, 0.2) is 28.9 Å². The molecule has 0 spiro atoms. The van der Waals surface area contributed by atoms with Crippen molar-refractivity contribution < 1.29 is 23.5 Å². The van der Waals surface area contributed by atoms with Crippen molar-refractivity contribution in [2.24, 2.45) is 0 Å². The summed E-state index contributed by atoms with van der Waals surface area (Å²) in [5, 5.41) is 6.54. The van der Waals surface area contributed by atoms with E-state index in [-0.39, 0.29) is 6.03 Å². The molecular formula is C16H19N3O5. The van der Waals surface area contributed by atoms with Gasteiger partial charge in [0.05, 0.1) is 39.2 Å². The van der Waals surface area contributed by atoms with Crippen molar-refractivity contribution in [1.29, 1.82) is 0 Å². The number of methoxy groups -OCH3 is 2. The van der Waals surface area contributed by atoms with Gasteiger partial charge in [0.25, 0.3) is 0 Å². The van der Waals surface area contributed by atoms with Crippen LogP contribution < -0.4 is 14.8 Å². The Balaban J connectivity index is 1.81. The Hall–Kier alpha value is -2.74. The van der Waals surface area contributed by atoms with E-state index >= 15 is 0 Å². The Kier molecular flexibility index (Phi) is 4.85. The normalized spacial score (nSPS) is 14.3. The SMILES string of the molecule is COc1ccc(-c2cnoc2NC(=O)N2CCOCC2)cc1OC. The number of nitrogens with one attached hydrogen (secondary N) is 1. The molecule has 0 aliphatic carbocycles. The molecule has 0 unspecified atom stereocenters. The monoisotopic (exact) mass is 333 g/mol. The lowest BCUT2D eigenvalue weighted by molar-refractivity contribution is 0.0563. The summed E-state index contributed by atoms with van der Waals surface area (Å²) in [7, 11) is 3.14. The van der Waals surface area contributed by atoms with Crippen molar-refractivity contribution in [3.05, 3.63) is 24.4 Å². The van der Waals surface area contributed by atoms with Crippen molar-refractivity contribution in [3.8, 4) is 22.6 Å². The summed E-state index contributed by atoms with van der Waals surface area (Å²) < 4.78 is 21.0. The van der Waals surface area contributed by atoms with E-state index in [1.165, 1.54) is 0 Å². The topological polar surface area (TPSA) is 86.1 Å². The molecule has 3 rings (SSSR count). The molecule has 0 atom stereocenters. The van der Waals surface area contributed by atoms with Gasteiger partial charge in [0.2, 0.25) is 5.88 Å². The molecule has 1 fully saturated rings. The predicted molar refractivity (Wildman–Crippen MR) is 86.5 cm³/mol. The molecular weight excluding hydrogens is 314 g/mol. The van der Waals surface area contributed by atoms with E-state index in [4.69, 9.17) is 18.7 Å². The van der Waals surface area contributed by atoms with Gasteiger partial charge in [-0.1, -0.05) is 11.2 Å². The molecule has 1 aliphatic heterocycles. The van der Waals surface area contributed by atoms with Crippen molar-refractivity contribution in [3.63, 3.8) is 0 Å². The Morgan fingerprint density at radius 1 is 1.21 bits per heavy atom. The smallest absolute Gasteiger partial charge is 0.324 e. The third kappa shape index (κ3) is 3.28. The highest BCUT2D eigenvalue weighted by molar-refractivity contribution is 5.92. The summed E-state index contributed by atoms with van der Waals surface area (Å²) in [5.74, 6) is 1.50. The molecule has 1 aromatic heterocycles. The van der Waals surface area contributed by atoms with Crippen LogP contribution in [0.2, 0.25) is 0 Å². The maximum atomic E-state index is 12.3. The van der Waals surface area contributed by atoms with E-state index < -0.39 is 0 Å². The highest BCUT2D eigenvalue weighted by Crippen LogP contribution is 2.35. The van der Waals surface area contributed by atoms with Crippen molar-refractivity contribution >= 4 is 11.9 Å². The standard InChI is InChI=1S/C16H19N3O5/c1-21-13-4-3-11(9-14(13)22-2)12-10-17-24-15(12)18-16(20)19-5-7-23-8-6-19/h3-4,9-10H,5-8H2,1-2H3,(H,18,20). The first-order valence-corrected chi connectivity index (χ1v) is 7.53. The molecule has 0 saturated carbocycles. The number of nitrogens with zero attached hydrogens (tertiary/aromatic N) is 2. The van der Waals surface area contributed by atoms with Gasteiger partial charge >= 0.3 is 6.03 Å². The van der Waals surface area contributed by atoms with Crippen molar-refractivity contribution in [1.82, 2.24) is 10.1 Å². The van der Waals surface area contributed by atoms with Crippen LogP contribution in [0.1, 0.15) is 0 Å². The van der Waals surface area contributed by atoms with Crippen molar-refractivity contribution in [2.45, 2.75) is 0 Å². The molecule has 128 valence electrons. The molecule has 1 saturated heterocycles. The number of urea groups is 1. The molecule has 24 heavy (non-hydrogen) atoms. The van der Waals surface area contributed by atoms with E-state index in [1.54, 1.807) is 37.4 Å². The van der Waals surface area contributed by atoms with E-state index in [2.05, 4.69) is 10.5 Å². The quantitative estimate of drug-likeness (QED) is 0.923. The number of aromatic nitrogens is 1. The van der Waals surface area contributed by atoms with E-state index in [9.17, 15) is 4.79 Å². The third-order valence-corrected chi connectivity index (χ3v) is 3.78. The number of hydrogen-bond donors (Lipinski definition) is 1. The number of carbonyl (C=O) groups is 1. The fraction of sp³-hybridized carbons (Fsp3) is 0.375. The van der Waals surface area contributed by atoms with Crippen LogP contribution >= 0.6 is 0 Å². The molecule has 0 radical (unpaired) electrons. The first kappa shape index (κ1) is 16.1. The predicted octanol–water partition coefficient (Wildman–Crippen LogP) is 2.22. The number of hydrogen-bond acceptors (Lipinski definition) is 6. The van der Waals surface area contributed by atoms with Gasteiger partial charge in [-0.15, -0.1) is 0 Å². The number of amides is 2. The maximum absolute atomic E-state index is 12.3. The average Bonchev–Trinajstić information content (AvgIpc) is 3.09. The summed E-state index contributed by atoms with van der Waals surface area (Å²) in [4.78, 5) is 14.0. The Morgan fingerprint density at radius 3 is 2.67 bits per heavy atom. The zero-order chi connectivity index (χ0) is 16.9. The lowest BCUT2D eigenvalue weighted by atomic mass is 10.1. The van der Waals surface area contributed by atoms with Crippen molar-refractivity contribution in [2.75, 3.05) is 45.8 Å². The maximum Gasteiger partial charge on any atom is 0.324 e. The van der Waals surface area contributed by atoms with Crippen LogP contribution in [0, 0.1) is 0 Å². The summed E-state index contributed by atoms with van der Waals surface area (Å²) in [5.41, 5.74) is 1.46. The molecule has 1 aliphatic rings. The minimum Gasteiger partial charge on any atom is -0.493 e. The van der Waals surface area contributed by atoms with E-state index in [0.29, 0.717) is 49.2 Å². The van der Waals surface area contributed by atoms with E-state index in [1.807, 2.05) is 6.07 Å². The first-order chi connectivity index (χ1) is 11.7. The Bertz CT molecular complexity index is 709. The summed E-state index contributed by atoms with van der Waals surface area (Å²) in [6.07, 6.45) is 1.55. The highest BCUT2D eigenvalue weighted by Gasteiger charge is 2.21. The first-order valence-electron chi connectivity index (χ1n) is 7.53. The Labute approximate surface area is 139 Å². The van der Waals surface area contributed by atoms with E-state index in [0.717, 1.165) is 5.56 Å². The van der Waals surface area contributed by atoms with Gasteiger partial charge in [0, 0.05) is 13.1 Å². The van der Waals surface area contributed by atoms with Crippen LogP contribution in [-0.2, 0) is 4.74 Å². The molecule has 2 aromatic rings. The molecule has 8 nitrogen and oxygen atoms in total. The van der Waals surface area contributed by atoms with Gasteiger partial charge in [0.15, 0.2) is 11.5 Å². The number of rotatable bonds is 4. The fourth-order valence-electron chi connectivity index (χ4n) is 2.48. The number of anilines is 1. The highest BCUT2D eigenvalue weighted by atomic mass is 16.5. The second-order valence-electron chi connectivity index (χ2n) is 5.17. The van der Waals surface area contributed by atoms with Crippen LogP contribution in [0.5, 0.6) is 11.5 Å². The molecule has 1 aromatic carbocycles. The average molecular weight is 333 g/mol. The summed E-state index contributed by atoms with van der Waals surface area (Å²) in [6.45, 7) is 2.16.